The molecule has 0 spiro atoms. The van der Waals surface area contributed by atoms with E-state index >= 15 is 0 Å². The zero-order valence-corrected chi connectivity index (χ0v) is 15.7. The first-order chi connectivity index (χ1) is 13.2. The third-order valence-electron chi connectivity index (χ3n) is 3.85. The number of H-pyrrole nitrogens is 1. The largest absolute Gasteiger partial charge is 0.309 e. The standard InChI is InChI=1S/C18H14FN5OS2/c1-2-8-24-16(11-5-3-4-6-12(11)19)22-23-18(24)27-10-14-20-13-7-9-26-15(13)17(25)21-14/h2-7,9H,1,8,10H2,(H,20,21,25). The van der Waals surface area contributed by atoms with Gasteiger partial charge in [0.05, 0.1) is 16.8 Å². The minimum Gasteiger partial charge on any atom is -0.309 e. The number of rotatable bonds is 6. The summed E-state index contributed by atoms with van der Waals surface area (Å²) < 4.78 is 16.6. The van der Waals surface area contributed by atoms with Gasteiger partial charge in [-0.25, -0.2) is 9.37 Å². The molecule has 1 N–H and O–H groups in total. The smallest absolute Gasteiger partial charge is 0.268 e. The highest BCUT2D eigenvalue weighted by atomic mass is 32.2. The molecule has 0 radical (unpaired) electrons. The van der Waals surface area contributed by atoms with Gasteiger partial charge in [0.2, 0.25) is 0 Å². The first-order valence-corrected chi connectivity index (χ1v) is 9.92. The Balaban J connectivity index is 1.64. The minimum atomic E-state index is -0.360. The van der Waals surface area contributed by atoms with Gasteiger partial charge < -0.3 is 4.98 Å². The number of nitrogens with zero attached hydrogens (tertiary/aromatic N) is 4. The Bertz CT molecular complexity index is 1180. The van der Waals surface area contributed by atoms with Gasteiger partial charge in [-0.1, -0.05) is 30.0 Å². The van der Waals surface area contributed by atoms with E-state index in [1.54, 1.807) is 28.8 Å². The van der Waals surface area contributed by atoms with Crippen LogP contribution in [0.15, 0.2) is 58.3 Å². The minimum absolute atomic E-state index is 0.148. The molecule has 0 bridgehead atoms. The van der Waals surface area contributed by atoms with Crippen LogP contribution in [0.2, 0.25) is 0 Å². The maximum absolute atomic E-state index is 14.2. The van der Waals surface area contributed by atoms with Gasteiger partial charge in [-0.15, -0.1) is 28.1 Å². The van der Waals surface area contributed by atoms with E-state index in [9.17, 15) is 9.18 Å². The van der Waals surface area contributed by atoms with Crippen LogP contribution in [-0.4, -0.2) is 24.7 Å². The van der Waals surface area contributed by atoms with Gasteiger partial charge in [0, 0.05) is 6.54 Å². The quantitative estimate of drug-likeness (QED) is 0.394. The zero-order valence-electron chi connectivity index (χ0n) is 14.1. The molecule has 1 aromatic carbocycles. The molecular weight excluding hydrogens is 385 g/mol. The fourth-order valence-electron chi connectivity index (χ4n) is 2.65. The summed E-state index contributed by atoms with van der Waals surface area (Å²) in [5, 5.41) is 10.8. The van der Waals surface area contributed by atoms with Crippen molar-refractivity contribution in [3.05, 3.63) is 70.4 Å². The van der Waals surface area contributed by atoms with Crippen molar-refractivity contribution < 1.29 is 4.39 Å². The fourth-order valence-corrected chi connectivity index (χ4v) is 4.20. The molecule has 0 unspecified atom stereocenters. The predicted octanol–water partition coefficient (Wildman–Crippen LogP) is 3.86. The van der Waals surface area contributed by atoms with Crippen molar-refractivity contribution in [2.45, 2.75) is 17.5 Å². The Hall–Kier alpha value is -2.78. The lowest BCUT2D eigenvalue weighted by Crippen LogP contribution is -2.09. The van der Waals surface area contributed by atoms with E-state index in [2.05, 4.69) is 26.7 Å². The van der Waals surface area contributed by atoms with Crippen molar-refractivity contribution in [1.82, 2.24) is 24.7 Å². The number of fused-ring (bicyclic) bond motifs is 1. The van der Waals surface area contributed by atoms with Crippen LogP contribution in [0.25, 0.3) is 21.6 Å². The summed E-state index contributed by atoms with van der Waals surface area (Å²) in [4.78, 5) is 19.3. The summed E-state index contributed by atoms with van der Waals surface area (Å²) >= 11 is 2.73. The molecule has 0 amide bonds. The molecule has 0 aliphatic heterocycles. The molecule has 4 rings (SSSR count). The molecule has 0 atom stereocenters. The van der Waals surface area contributed by atoms with E-state index in [1.165, 1.54) is 29.2 Å². The van der Waals surface area contributed by atoms with Gasteiger partial charge in [-0.3, -0.25) is 9.36 Å². The number of halogens is 1. The summed E-state index contributed by atoms with van der Waals surface area (Å²) in [5.41, 5.74) is 0.911. The Morgan fingerprint density at radius 3 is 2.96 bits per heavy atom. The molecule has 136 valence electrons. The van der Waals surface area contributed by atoms with Gasteiger partial charge in [-0.05, 0) is 23.6 Å². The number of allylic oxidation sites excluding steroid dienone is 1. The van der Waals surface area contributed by atoms with Gasteiger partial charge in [0.15, 0.2) is 11.0 Å². The SMILES string of the molecule is C=CCn1c(SCc2nc3ccsc3c(=O)[nH]2)nnc1-c1ccccc1F. The third kappa shape index (κ3) is 3.43. The highest BCUT2D eigenvalue weighted by Gasteiger charge is 2.17. The lowest BCUT2D eigenvalue weighted by atomic mass is 10.2. The number of thioether (sulfide) groups is 1. The molecule has 0 fully saturated rings. The second-order valence-corrected chi connectivity index (χ2v) is 7.48. The predicted molar refractivity (Wildman–Crippen MR) is 105 cm³/mol. The summed E-state index contributed by atoms with van der Waals surface area (Å²) in [6.45, 7) is 4.19. The van der Waals surface area contributed by atoms with Crippen LogP contribution in [0.1, 0.15) is 5.82 Å². The van der Waals surface area contributed by atoms with Crippen LogP contribution < -0.4 is 5.56 Å². The van der Waals surface area contributed by atoms with Crippen LogP contribution in [0.4, 0.5) is 4.39 Å². The Morgan fingerprint density at radius 1 is 1.30 bits per heavy atom. The fraction of sp³-hybridized carbons (Fsp3) is 0.111. The van der Waals surface area contributed by atoms with Gasteiger partial charge in [0.1, 0.15) is 16.3 Å². The molecule has 0 aliphatic carbocycles. The number of aromatic amines is 1. The summed E-state index contributed by atoms with van der Waals surface area (Å²) in [6, 6.07) is 8.25. The van der Waals surface area contributed by atoms with Crippen LogP contribution in [0.5, 0.6) is 0 Å². The lowest BCUT2D eigenvalue weighted by molar-refractivity contribution is 0.626. The number of nitrogens with one attached hydrogen (secondary N) is 1. The van der Waals surface area contributed by atoms with Crippen molar-refractivity contribution >= 4 is 33.3 Å². The maximum Gasteiger partial charge on any atom is 0.268 e. The van der Waals surface area contributed by atoms with Crippen molar-refractivity contribution in [1.29, 1.82) is 0 Å². The number of aromatic nitrogens is 5. The Morgan fingerprint density at radius 2 is 2.15 bits per heavy atom. The topological polar surface area (TPSA) is 76.5 Å². The molecule has 0 saturated carbocycles. The van der Waals surface area contributed by atoms with Gasteiger partial charge >= 0.3 is 0 Å². The summed E-state index contributed by atoms with van der Waals surface area (Å²) in [7, 11) is 0. The molecular formula is C18H14FN5OS2. The number of benzene rings is 1. The van der Waals surface area contributed by atoms with E-state index in [0.29, 0.717) is 44.9 Å². The highest BCUT2D eigenvalue weighted by molar-refractivity contribution is 7.98. The molecule has 27 heavy (non-hydrogen) atoms. The molecule has 3 heterocycles. The molecule has 4 aromatic rings. The van der Waals surface area contributed by atoms with E-state index in [0.717, 1.165) is 0 Å². The average Bonchev–Trinajstić information content (AvgIpc) is 3.28. The second kappa shape index (κ2) is 7.45. The van der Waals surface area contributed by atoms with Crippen LogP contribution in [0.3, 0.4) is 0 Å². The Labute approximate surface area is 161 Å². The highest BCUT2D eigenvalue weighted by Crippen LogP contribution is 2.27. The van der Waals surface area contributed by atoms with Crippen molar-refractivity contribution in [3.63, 3.8) is 0 Å². The molecule has 0 saturated heterocycles. The average molecular weight is 399 g/mol. The van der Waals surface area contributed by atoms with Crippen LogP contribution in [-0.2, 0) is 12.3 Å². The molecule has 6 nitrogen and oxygen atoms in total. The zero-order chi connectivity index (χ0) is 18.8. The number of hydrogen-bond donors (Lipinski definition) is 1. The lowest BCUT2D eigenvalue weighted by Gasteiger charge is -2.08. The third-order valence-corrected chi connectivity index (χ3v) is 5.73. The Kier molecular flexibility index (Phi) is 4.87. The van der Waals surface area contributed by atoms with E-state index in [4.69, 9.17) is 0 Å². The second-order valence-electron chi connectivity index (χ2n) is 5.62. The number of thiophene rings is 1. The first-order valence-electron chi connectivity index (χ1n) is 8.05. The van der Waals surface area contributed by atoms with E-state index in [1.807, 2.05) is 11.4 Å². The maximum atomic E-state index is 14.2. The molecule has 3 aromatic heterocycles. The van der Waals surface area contributed by atoms with Crippen molar-refractivity contribution in [2.24, 2.45) is 0 Å². The summed E-state index contributed by atoms with van der Waals surface area (Å²) in [5.74, 6) is 1.04. The number of hydrogen-bond acceptors (Lipinski definition) is 6. The van der Waals surface area contributed by atoms with Crippen LogP contribution in [0, 0.1) is 5.82 Å². The van der Waals surface area contributed by atoms with Crippen LogP contribution >= 0.6 is 23.1 Å². The van der Waals surface area contributed by atoms with Crippen molar-refractivity contribution in [2.75, 3.05) is 0 Å². The van der Waals surface area contributed by atoms with Gasteiger partial charge in [-0.2, -0.15) is 0 Å². The van der Waals surface area contributed by atoms with Gasteiger partial charge in [0.25, 0.3) is 5.56 Å². The summed E-state index contributed by atoms with van der Waals surface area (Å²) in [6.07, 6.45) is 1.70. The van der Waals surface area contributed by atoms with Crippen molar-refractivity contribution in [3.8, 4) is 11.4 Å². The van der Waals surface area contributed by atoms with E-state index < -0.39 is 0 Å². The molecule has 0 aliphatic rings. The molecule has 9 heteroatoms. The monoisotopic (exact) mass is 399 g/mol. The normalized spacial score (nSPS) is 11.1. The van der Waals surface area contributed by atoms with E-state index in [-0.39, 0.29) is 11.4 Å². The first kappa shape index (κ1) is 17.6.